The van der Waals surface area contributed by atoms with Crippen LogP contribution in [0.25, 0.3) is 0 Å². The van der Waals surface area contributed by atoms with Gasteiger partial charge in [-0.2, -0.15) is 0 Å². The highest BCUT2D eigenvalue weighted by Crippen LogP contribution is 2.75. The summed E-state index contributed by atoms with van der Waals surface area (Å²) in [6.07, 6.45) is 11.0. The zero-order chi connectivity index (χ0) is 10.8. The molecular weight excluding hydrogens is 200 g/mol. The molecule has 2 heterocycles. The Kier molecular flexibility index (Phi) is 1.87. The molecule has 90 valence electrons. The Hall–Kier alpha value is -0.0800. The lowest BCUT2D eigenvalue weighted by molar-refractivity contribution is -0.0949. The van der Waals surface area contributed by atoms with Gasteiger partial charge in [-0.05, 0) is 24.2 Å². The molecule has 0 spiro atoms. The van der Waals surface area contributed by atoms with E-state index in [1.54, 1.807) is 0 Å². The van der Waals surface area contributed by atoms with Gasteiger partial charge in [0.25, 0.3) is 0 Å². The summed E-state index contributed by atoms with van der Waals surface area (Å²) in [5.41, 5.74) is 0. The van der Waals surface area contributed by atoms with Crippen molar-refractivity contribution >= 4 is 0 Å². The van der Waals surface area contributed by atoms with Crippen LogP contribution in [0.4, 0.5) is 0 Å². The average Bonchev–Trinajstić information content (AvgIpc) is 3.14. The first-order valence-electron chi connectivity index (χ1n) is 7.15. The summed E-state index contributed by atoms with van der Waals surface area (Å²) in [5.74, 6) is 2.64. The average molecular weight is 222 g/mol. The number of hydrogen-bond donors (Lipinski definition) is 0. The zero-order valence-electron chi connectivity index (χ0n) is 10.2. The monoisotopic (exact) mass is 222 g/mol. The molecule has 2 nitrogen and oxygen atoms in total. The molecule has 2 aliphatic heterocycles. The van der Waals surface area contributed by atoms with Crippen LogP contribution in [0.5, 0.6) is 0 Å². The molecule has 4 fully saturated rings. The third-order valence-corrected chi connectivity index (χ3v) is 5.67. The lowest BCUT2D eigenvalue weighted by Crippen LogP contribution is -2.27. The summed E-state index contributed by atoms with van der Waals surface area (Å²) >= 11 is 0. The molecule has 4 rings (SSSR count). The highest BCUT2D eigenvalue weighted by Gasteiger charge is 2.91. The number of rotatable bonds is 2. The predicted octanol–water partition coefficient (Wildman–Crippen LogP) is 3.46. The van der Waals surface area contributed by atoms with Crippen molar-refractivity contribution in [3.8, 4) is 0 Å². The van der Waals surface area contributed by atoms with Gasteiger partial charge in [0.15, 0.2) is 0 Å². The SMILES string of the molecule is CC(C1CCCCC1)C1CCC23OC2(C1)O3. The lowest BCUT2D eigenvalue weighted by Gasteiger charge is -2.33. The number of ether oxygens (including phenoxy) is 2. The number of hydrogen-bond acceptors (Lipinski definition) is 2. The molecule has 0 N–H and O–H groups in total. The Bertz CT molecular complexity index is 300. The van der Waals surface area contributed by atoms with Crippen LogP contribution >= 0.6 is 0 Å². The van der Waals surface area contributed by atoms with E-state index in [9.17, 15) is 0 Å². The van der Waals surface area contributed by atoms with Gasteiger partial charge in [0.05, 0.1) is 0 Å². The minimum Gasteiger partial charge on any atom is -0.307 e. The largest absolute Gasteiger partial charge is 0.307 e. The minimum atomic E-state index is -0.0567. The third kappa shape index (κ3) is 1.20. The molecule has 0 bridgehead atoms. The van der Waals surface area contributed by atoms with Crippen LogP contribution in [-0.4, -0.2) is 11.6 Å². The summed E-state index contributed by atoms with van der Waals surface area (Å²) in [5, 5.41) is 0. The maximum atomic E-state index is 5.69. The zero-order valence-corrected chi connectivity index (χ0v) is 10.2. The molecule has 0 aromatic heterocycles. The second kappa shape index (κ2) is 3.02. The first-order chi connectivity index (χ1) is 7.75. The Labute approximate surface area is 97.7 Å². The molecule has 2 heteroatoms. The van der Waals surface area contributed by atoms with Gasteiger partial charge < -0.3 is 9.47 Å². The molecule has 2 saturated heterocycles. The van der Waals surface area contributed by atoms with E-state index in [-0.39, 0.29) is 11.6 Å². The predicted molar refractivity (Wildman–Crippen MR) is 60.7 cm³/mol. The molecule has 2 aliphatic carbocycles. The van der Waals surface area contributed by atoms with E-state index in [0.29, 0.717) is 0 Å². The fourth-order valence-electron chi connectivity index (χ4n) is 4.34. The van der Waals surface area contributed by atoms with Crippen molar-refractivity contribution in [2.75, 3.05) is 0 Å². The standard InChI is InChI=1S/C14H22O2/c1-10(11-5-3-2-4-6-11)12-7-8-13-14(9-12,15-13)16-13/h10-12H,2-9H2,1H3. The second-order valence-corrected chi connectivity index (χ2v) is 6.47. The maximum absolute atomic E-state index is 5.69. The van der Waals surface area contributed by atoms with Crippen molar-refractivity contribution in [2.24, 2.45) is 17.8 Å². The van der Waals surface area contributed by atoms with Crippen molar-refractivity contribution in [1.82, 2.24) is 0 Å². The summed E-state index contributed by atoms with van der Waals surface area (Å²) in [6, 6.07) is 0. The molecule has 2 atom stereocenters. The molecule has 0 radical (unpaired) electrons. The van der Waals surface area contributed by atoms with Crippen molar-refractivity contribution in [3.05, 3.63) is 0 Å². The third-order valence-electron chi connectivity index (χ3n) is 5.67. The molecule has 4 aliphatic rings. The van der Waals surface area contributed by atoms with E-state index >= 15 is 0 Å². The Balaban J connectivity index is 1.41. The quantitative estimate of drug-likeness (QED) is 0.668. The summed E-state index contributed by atoms with van der Waals surface area (Å²) in [7, 11) is 0. The second-order valence-electron chi connectivity index (χ2n) is 6.47. The molecule has 0 aromatic rings. The normalized spacial score (nSPS) is 52.7. The van der Waals surface area contributed by atoms with Crippen LogP contribution in [-0.2, 0) is 9.47 Å². The van der Waals surface area contributed by atoms with E-state index in [4.69, 9.17) is 9.47 Å². The van der Waals surface area contributed by atoms with E-state index in [0.717, 1.165) is 24.2 Å². The van der Waals surface area contributed by atoms with Gasteiger partial charge in [-0.1, -0.05) is 39.0 Å². The molecular formula is C14H22O2. The van der Waals surface area contributed by atoms with Crippen LogP contribution in [0.2, 0.25) is 0 Å². The van der Waals surface area contributed by atoms with E-state index in [1.165, 1.54) is 44.9 Å². The molecule has 2 unspecified atom stereocenters. The Morgan fingerprint density at radius 1 is 0.938 bits per heavy atom. The Morgan fingerprint density at radius 3 is 2.38 bits per heavy atom. The van der Waals surface area contributed by atoms with Crippen molar-refractivity contribution < 1.29 is 9.47 Å². The molecule has 0 aromatic carbocycles. The van der Waals surface area contributed by atoms with Gasteiger partial charge in [-0.15, -0.1) is 0 Å². The summed E-state index contributed by atoms with van der Waals surface area (Å²) < 4.78 is 11.4. The van der Waals surface area contributed by atoms with Crippen molar-refractivity contribution in [3.63, 3.8) is 0 Å². The highest BCUT2D eigenvalue weighted by atomic mass is 17.0. The molecule has 0 amide bonds. The first kappa shape index (κ1) is 9.90. The smallest absolute Gasteiger partial charge is 0.229 e. The summed E-state index contributed by atoms with van der Waals surface area (Å²) in [4.78, 5) is 0. The fraction of sp³-hybridized carbons (Fsp3) is 1.00. The van der Waals surface area contributed by atoms with E-state index in [1.807, 2.05) is 0 Å². The van der Waals surface area contributed by atoms with Gasteiger partial charge in [-0.3, -0.25) is 0 Å². The minimum absolute atomic E-state index is 0.0458. The maximum Gasteiger partial charge on any atom is 0.229 e. The Morgan fingerprint density at radius 2 is 1.69 bits per heavy atom. The van der Waals surface area contributed by atoms with Crippen LogP contribution in [0.3, 0.4) is 0 Å². The van der Waals surface area contributed by atoms with Gasteiger partial charge in [-0.25, -0.2) is 0 Å². The topological polar surface area (TPSA) is 25.1 Å². The van der Waals surface area contributed by atoms with Gasteiger partial charge >= 0.3 is 0 Å². The van der Waals surface area contributed by atoms with Crippen LogP contribution in [0.15, 0.2) is 0 Å². The van der Waals surface area contributed by atoms with Crippen LogP contribution in [0.1, 0.15) is 58.3 Å². The van der Waals surface area contributed by atoms with E-state index < -0.39 is 0 Å². The summed E-state index contributed by atoms with van der Waals surface area (Å²) in [6.45, 7) is 2.48. The number of epoxide rings is 2. The van der Waals surface area contributed by atoms with Crippen molar-refractivity contribution in [1.29, 1.82) is 0 Å². The molecule has 2 saturated carbocycles. The lowest BCUT2D eigenvalue weighted by atomic mass is 9.70. The van der Waals surface area contributed by atoms with Crippen LogP contribution < -0.4 is 0 Å². The van der Waals surface area contributed by atoms with Gasteiger partial charge in [0, 0.05) is 12.8 Å². The molecule has 16 heavy (non-hydrogen) atoms. The van der Waals surface area contributed by atoms with Crippen LogP contribution in [0, 0.1) is 17.8 Å². The first-order valence-corrected chi connectivity index (χ1v) is 7.15. The fourth-order valence-corrected chi connectivity index (χ4v) is 4.34. The van der Waals surface area contributed by atoms with Crippen molar-refractivity contribution in [2.45, 2.75) is 69.9 Å². The van der Waals surface area contributed by atoms with Gasteiger partial charge in [0.2, 0.25) is 11.6 Å². The van der Waals surface area contributed by atoms with Gasteiger partial charge in [0.1, 0.15) is 0 Å². The highest BCUT2D eigenvalue weighted by molar-refractivity contribution is 5.21. The van der Waals surface area contributed by atoms with E-state index in [2.05, 4.69) is 6.92 Å².